The molecule has 23 heavy (non-hydrogen) atoms. The minimum absolute atomic E-state index is 0.245. The fourth-order valence-corrected chi connectivity index (χ4v) is 2.13. The number of benzene rings is 2. The fraction of sp³-hybridized carbons (Fsp3) is 0.0526. The lowest BCUT2D eigenvalue weighted by atomic mass is 10.2. The van der Waals surface area contributed by atoms with Gasteiger partial charge >= 0.3 is 5.97 Å². The molecule has 0 saturated heterocycles. The Morgan fingerprint density at radius 3 is 2.52 bits per heavy atom. The molecule has 4 heteroatoms. The Morgan fingerprint density at radius 2 is 1.83 bits per heavy atom. The summed E-state index contributed by atoms with van der Waals surface area (Å²) in [6.07, 6.45) is 7.31. The van der Waals surface area contributed by atoms with Crippen molar-refractivity contribution in [2.45, 2.75) is 0 Å². The van der Waals surface area contributed by atoms with E-state index in [1.54, 1.807) is 23.0 Å². The quantitative estimate of drug-likeness (QED) is 0.674. The predicted molar refractivity (Wildman–Crippen MR) is 89.3 cm³/mol. The highest BCUT2D eigenvalue weighted by Gasteiger charge is 2.06. The third-order valence-corrected chi connectivity index (χ3v) is 3.29. The molecule has 3 rings (SSSR count). The summed E-state index contributed by atoms with van der Waals surface area (Å²) in [5.41, 5.74) is 2.50. The van der Waals surface area contributed by atoms with E-state index in [0.29, 0.717) is 5.56 Å². The predicted octanol–water partition coefficient (Wildman–Crippen LogP) is 3.74. The average Bonchev–Trinajstić information content (AvgIpc) is 3.14. The first-order valence-corrected chi connectivity index (χ1v) is 7.32. The molecule has 0 radical (unpaired) electrons. The smallest absolute Gasteiger partial charge is 0.338 e. The molecule has 0 saturated carbocycles. The lowest BCUT2D eigenvalue weighted by Crippen LogP contribution is -2.05. The van der Waals surface area contributed by atoms with E-state index in [1.807, 2.05) is 66.9 Å². The van der Waals surface area contributed by atoms with E-state index in [1.165, 1.54) is 0 Å². The second-order valence-corrected chi connectivity index (χ2v) is 4.91. The van der Waals surface area contributed by atoms with Crippen molar-refractivity contribution >= 4 is 12.0 Å². The maximum absolute atomic E-state index is 12.0. The molecule has 1 aromatic heterocycles. The van der Waals surface area contributed by atoms with E-state index in [-0.39, 0.29) is 12.6 Å². The van der Waals surface area contributed by atoms with Crippen LogP contribution in [0, 0.1) is 0 Å². The zero-order chi connectivity index (χ0) is 15.9. The Bertz CT molecular complexity index is 776. The van der Waals surface area contributed by atoms with Crippen molar-refractivity contribution in [2.75, 3.05) is 6.61 Å². The molecule has 0 spiro atoms. The van der Waals surface area contributed by atoms with Crippen molar-refractivity contribution in [3.63, 3.8) is 0 Å². The van der Waals surface area contributed by atoms with Crippen LogP contribution in [0.2, 0.25) is 0 Å². The molecular formula is C19H16N2O2. The van der Waals surface area contributed by atoms with Crippen LogP contribution in [-0.2, 0) is 4.74 Å². The van der Waals surface area contributed by atoms with Crippen LogP contribution in [0.15, 0.2) is 79.1 Å². The van der Waals surface area contributed by atoms with Gasteiger partial charge in [0.15, 0.2) is 0 Å². The van der Waals surface area contributed by atoms with Gasteiger partial charge in [-0.05, 0) is 42.0 Å². The van der Waals surface area contributed by atoms with Gasteiger partial charge in [-0.3, -0.25) is 0 Å². The normalized spacial score (nSPS) is 10.8. The van der Waals surface area contributed by atoms with Gasteiger partial charge in [0.1, 0.15) is 6.61 Å². The molecule has 0 N–H and O–H groups in total. The number of carbonyl (C=O) groups excluding carboxylic acids is 1. The number of hydrogen-bond donors (Lipinski definition) is 0. The maximum Gasteiger partial charge on any atom is 0.338 e. The van der Waals surface area contributed by atoms with Crippen molar-refractivity contribution < 1.29 is 9.53 Å². The molecule has 0 amide bonds. The lowest BCUT2D eigenvalue weighted by Gasteiger charge is -2.04. The number of esters is 1. The van der Waals surface area contributed by atoms with Crippen molar-refractivity contribution in [1.82, 2.24) is 9.78 Å². The Labute approximate surface area is 134 Å². The SMILES string of the molecule is O=C(OC/C=C\c1ccccc1)c1ccc(-n2cccn2)cc1. The highest BCUT2D eigenvalue weighted by molar-refractivity contribution is 5.89. The molecule has 0 unspecified atom stereocenters. The Kier molecular flexibility index (Phi) is 4.64. The van der Waals surface area contributed by atoms with E-state index in [9.17, 15) is 4.79 Å². The van der Waals surface area contributed by atoms with E-state index in [2.05, 4.69) is 5.10 Å². The van der Waals surface area contributed by atoms with Gasteiger partial charge in [0.25, 0.3) is 0 Å². The van der Waals surface area contributed by atoms with Gasteiger partial charge in [0.2, 0.25) is 0 Å². The molecule has 2 aromatic carbocycles. The topological polar surface area (TPSA) is 44.1 Å². The summed E-state index contributed by atoms with van der Waals surface area (Å²) >= 11 is 0. The number of aromatic nitrogens is 2. The molecule has 1 heterocycles. The minimum Gasteiger partial charge on any atom is -0.458 e. The monoisotopic (exact) mass is 304 g/mol. The van der Waals surface area contributed by atoms with Crippen LogP contribution >= 0.6 is 0 Å². The molecule has 0 aliphatic rings. The van der Waals surface area contributed by atoms with Gasteiger partial charge in [0.05, 0.1) is 11.3 Å². The molecule has 4 nitrogen and oxygen atoms in total. The van der Waals surface area contributed by atoms with Crippen molar-refractivity contribution in [3.8, 4) is 5.69 Å². The zero-order valence-electron chi connectivity index (χ0n) is 12.5. The molecule has 0 fully saturated rings. The summed E-state index contributed by atoms with van der Waals surface area (Å²) in [6, 6.07) is 18.9. The van der Waals surface area contributed by atoms with Gasteiger partial charge in [-0.25, -0.2) is 9.48 Å². The van der Waals surface area contributed by atoms with Crippen molar-refractivity contribution in [1.29, 1.82) is 0 Å². The van der Waals surface area contributed by atoms with E-state index >= 15 is 0 Å². The number of carbonyl (C=O) groups is 1. The summed E-state index contributed by atoms with van der Waals surface area (Å²) < 4.78 is 6.97. The van der Waals surface area contributed by atoms with Crippen LogP contribution in [0.25, 0.3) is 11.8 Å². The number of nitrogens with zero attached hydrogens (tertiary/aromatic N) is 2. The van der Waals surface area contributed by atoms with Gasteiger partial charge in [-0.15, -0.1) is 0 Å². The van der Waals surface area contributed by atoms with Gasteiger partial charge in [-0.1, -0.05) is 36.4 Å². The van der Waals surface area contributed by atoms with Crippen LogP contribution in [0.1, 0.15) is 15.9 Å². The zero-order valence-corrected chi connectivity index (χ0v) is 12.5. The third kappa shape index (κ3) is 3.95. The second kappa shape index (κ2) is 7.22. The number of ether oxygens (including phenoxy) is 1. The Morgan fingerprint density at radius 1 is 1.04 bits per heavy atom. The standard InChI is InChI=1S/C19H16N2O2/c22-19(23-15-4-8-16-6-2-1-3-7-16)17-9-11-18(12-10-17)21-14-5-13-20-21/h1-14H,15H2/b8-4-. The van der Waals surface area contributed by atoms with Crippen LogP contribution in [-0.4, -0.2) is 22.4 Å². The Hall–Kier alpha value is -3.14. The summed E-state index contributed by atoms with van der Waals surface area (Å²) in [5, 5.41) is 4.14. The minimum atomic E-state index is -0.338. The average molecular weight is 304 g/mol. The van der Waals surface area contributed by atoms with Crippen molar-refractivity contribution in [3.05, 3.63) is 90.3 Å². The molecule has 0 atom stereocenters. The molecular weight excluding hydrogens is 288 g/mol. The van der Waals surface area contributed by atoms with E-state index < -0.39 is 0 Å². The highest BCUT2D eigenvalue weighted by Crippen LogP contribution is 2.10. The largest absolute Gasteiger partial charge is 0.458 e. The second-order valence-electron chi connectivity index (χ2n) is 4.91. The van der Waals surface area contributed by atoms with Crippen molar-refractivity contribution in [2.24, 2.45) is 0 Å². The van der Waals surface area contributed by atoms with Crippen LogP contribution in [0.5, 0.6) is 0 Å². The Balaban J connectivity index is 1.55. The van der Waals surface area contributed by atoms with Crippen LogP contribution in [0.3, 0.4) is 0 Å². The fourth-order valence-electron chi connectivity index (χ4n) is 2.13. The molecule has 3 aromatic rings. The van der Waals surface area contributed by atoms with Gasteiger partial charge in [0, 0.05) is 12.4 Å². The maximum atomic E-state index is 12.0. The van der Waals surface area contributed by atoms with E-state index in [4.69, 9.17) is 4.74 Å². The van der Waals surface area contributed by atoms with Crippen LogP contribution in [0.4, 0.5) is 0 Å². The van der Waals surface area contributed by atoms with E-state index in [0.717, 1.165) is 11.3 Å². The molecule has 0 aliphatic heterocycles. The molecule has 0 aliphatic carbocycles. The highest BCUT2D eigenvalue weighted by atomic mass is 16.5. The summed E-state index contributed by atoms with van der Waals surface area (Å²) in [7, 11) is 0. The number of rotatable bonds is 5. The van der Waals surface area contributed by atoms with Gasteiger partial charge in [-0.2, -0.15) is 5.10 Å². The number of hydrogen-bond acceptors (Lipinski definition) is 3. The van der Waals surface area contributed by atoms with Crippen LogP contribution < -0.4 is 0 Å². The summed E-state index contributed by atoms with van der Waals surface area (Å²) in [4.78, 5) is 12.0. The first kappa shape index (κ1) is 14.8. The molecule has 0 bridgehead atoms. The summed E-state index contributed by atoms with van der Waals surface area (Å²) in [6.45, 7) is 0.245. The summed E-state index contributed by atoms with van der Waals surface area (Å²) in [5.74, 6) is -0.338. The first-order chi connectivity index (χ1) is 11.3. The van der Waals surface area contributed by atoms with Gasteiger partial charge < -0.3 is 4.74 Å². The molecule has 114 valence electrons. The third-order valence-electron chi connectivity index (χ3n) is 3.29. The first-order valence-electron chi connectivity index (χ1n) is 7.32. The lowest BCUT2D eigenvalue weighted by molar-refractivity contribution is 0.0550.